The predicted octanol–water partition coefficient (Wildman–Crippen LogP) is 2.58. The van der Waals surface area contributed by atoms with Crippen molar-refractivity contribution >= 4 is 17.4 Å². The van der Waals surface area contributed by atoms with Crippen molar-refractivity contribution in [2.24, 2.45) is 0 Å². The zero-order valence-corrected chi connectivity index (χ0v) is 12.9. The van der Waals surface area contributed by atoms with E-state index in [1.165, 1.54) is 11.0 Å². The highest BCUT2D eigenvalue weighted by Crippen LogP contribution is 2.46. The van der Waals surface area contributed by atoms with E-state index in [0.717, 1.165) is 5.82 Å². The summed E-state index contributed by atoms with van der Waals surface area (Å²) in [6.07, 6.45) is 2.84. The highest BCUT2D eigenvalue weighted by atomic mass is 19.3. The predicted molar refractivity (Wildman–Crippen MR) is 85.1 cm³/mol. The molecule has 0 unspecified atom stereocenters. The number of carbonyl (C=O) groups is 1. The van der Waals surface area contributed by atoms with Crippen LogP contribution < -0.4 is 9.80 Å². The molecule has 3 heterocycles. The van der Waals surface area contributed by atoms with Gasteiger partial charge in [0, 0.05) is 25.3 Å². The van der Waals surface area contributed by atoms with Crippen LogP contribution in [0, 0.1) is 0 Å². The molecule has 2 aliphatic heterocycles. The molecule has 124 valence electrons. The Kier molecular flexibility index (Phi) is 3.44. The summed E-state index contributed by atoms with van der Waals surface area (Å²) in [7, 11) is 0. The molecule has 1 aromatic carbocycles. The minimum Gasteiger partial charge on any atom is -0.355 e. The normalized spacial score (nSPS) is 20.3. The molecular weight excluding hydrogens is 314 g/mol. The summed E-state index contributed by atoms with van der Waals surface area (Å²) in [5.74, 6) is -3.77. The zero-order valence-electron chi connectivity index (χ0n) is 12.9. The third kappa shape index (κ3) is 2.23. The lowest BCUT2D eigenvalue weighted by Crippen LogP contribution is -2.48. The number of halogens is 2. The Bertz CT molecular complexity index is 760. The van der Waals surface area contributed by atoms with E-state index in [-0.39, 0.29) is 11.6 Å². The van der Waals surface area contributed by atoms with Gasteiger partial charge in [-0.2, -0.15) is 13.9 Å². The number of nitrogens with zero attached hydrogens (tertiary/aromatic N) is 4. The number of piperidine rings is 1. The van der Waals surface area contributed by atoms with Crippen LogP contribution in [-0.2, 0) is 10.7 Å². The molecule has 0 aliphatic carbocycles. The lowest BCUT2D eigenvalue weighted by Gasteiger charge is -2.37. The fourth-order valence-electron chi connectivity index (χ4n) is 3.50. The summed E-state index contributed by atoms with van der Waals surface area (Å²) >= 11 is 0. The van der Waals surface area contributed by atoms with E-state index in [4.69, 9.17) is 0 Å². The third-order valence-corrected chi connectivity index (χ3v) is 4.70. The molecular formula is C17H16F2N4O. The summed E-state index contributed by atoms with van der Waals surface area (Å²) in [4.78, 5) is 15.6. The molecule has 0 atom stereocenters. The van der Waals surface area contributed by atoms with Crippen LogP contribution in [0.2, 0.25) is 0 Å². The van der Waals surface area contributed by atoms with Crippen molar-refractivity contribution in [2.75, 3.05) is 22.9 Å². The van der Waals surface area contributed by atoms with Crippen molar-refractivity contribution in [3.8, 4) is 0 Å². The van der Waals surface area contributed by atoms with Gasteiger partial charge in [-0.05, 0) is 31.0 Å². The first kappa shape index (κ1) is 15.0. The van der Waals surface area contributed by atoms with Gasteiger partial charge in [0.2, 0.25) is 0 Å². The van der Waals surface area contributed by atoms with Crippen LogP contribution in [-0.4, -0.2) is 35.2 Å². The van der Waals surface area contributed by atoms with Crippen molar-refractivity contribution in [3.05, 3.63) is 48.2 Å². The number of fused-ring (bicyclic) bond motifs is 1. The molecule has 2 aliphatic rings. The van der Waals surface area contributed by atoms with Gasteiger partial charge in [-0.15, -0.1) is 5.10 Å². The Balaban J connectivity index is 1.55. The monoisotopic (exact) mass is 330 g/mol. The number of amides is 1. The lowest BCUT2D eigenvalue weighted by atomic mass is 10.0. The van der Waals surface area contributed by atoms with Crippen LogP contribution in [0.3, 0.4) is 0 Å². The average Bonchev–Trinajstić information content (AvgIpc) is 2.83. The van der Waals surface area contributed by atoms with Crippen molar-refractivity contribution in [3.63, 3.8) is 0 Å². The molecule has 1 fully saturated rings. The topological polar surface area (TPSA) is 49.3 Å². The van der Waals surface area contributed by atoms with Gasteiger partial charge in [0.1, 0.15) is 0 Å². The van der Waals surface area contributed by atoms with Gasteiger partial charge in [-0.3, -0.25) is 4.79 Å². The van der Waals surface area contributed by atoms with E-state index in [9.17, 15) is 13.6 Å². The molecule has 0 bridgehead atoms. The Morgan fingerprint density at radius 3 is 2.54 bits per heavy atom. The lowest BCUT2D eigenvalue weighted by molar-refractivity contribution is -0.142. The first-order chi connectivity index (χ1) is 11.6. The highest BCUT2D eigenvalue weighted by Gasteiger charge is 2.54. The number of para-hydroxylation sites is 1. The Labute approximate surface area is 137 Å². The van der Waals surface area contributed by atoms with E-state index in [2.05, 4.69) is 15.1 Å². The standard InChI is InChI=1S/C17H16F2N4O/c18-17(19)13-4-1-2-5-14(13)23(16(17)24)12-7-10-22(11-8-12)15-6-3-9-20-21-15/h1-6,9,12H,7-8,10-11H2. The van der Waals surface area contributed by atoms with Crippen LogP contribution in [0.25, 0.3) is 0 Å². The maximum absolute atomic E-state index is 14.3. The molecule has 0 saturated carbocycles. The number of hydrogen-bond acceptors (Lipinski definition) is 4. The fraction of sp³-hybridized carbons (Fsp3) is 0.353. The van der Waals surface area contributed by atoms with Gasteiger partial charge in [0.05, 0.1) is 11.3 Å². The molecule has 0 spiro atoms. The summed E-state index contributed by atoms with van der Waals surface area (Å²) in [5, 5.41) is 7.94. The van der Waals surface area contributed by atoms with Crippen LogP contribution in [0.15, 0.2) is 42.6 Å². The zero-order chi connectivity index (χ0) is 16.7. The molecule has 0 N–H and O–H groups in total. The van der Waals surface area contributed by atoms with E-state index in [1.807, 2.05) is 12.1 Å². The number of alkyl halides is 2. The smallest absolute Gasteiger partial charge is 0.352 e. The van der Waals surface area contributed by atoms with Crippen molar-refractivity contribution < 1.29 is 13.6 Å². The Morgan fingerprint density at radius 1 is 1.08 bits per heavy atom. The maximum atomic E-state index is 14.3. The molecule has 4 rings (SSSR count). The van der Waals surface area contributed by atoms with E-state index in [1.54, 1.807) is 24.4 Å². The third-order valence-electron chi connectivity index (χ3n) is 4.70. The molecule has 5 nitrogen and oxygen atoms in total. The van der Waals surface area contributed by atoms with Crippen LogP contribution in [0.5, 0.6) is 0 Å². The van der Waals surface area contributed by atoms with Gasteiger partial charge in [0.25, 0.3) is 0 Å². The molecule has 1 aromatic heterocycles. The average molecular weight is 330 g/mol. The number of carbonyl (C=O) groups excluding carboxylic acids is 1. The Morgan fingerprint density at radius 2 is 1.83 bits per heavy atom. The van der Waals surface area contributed by atoms with Crippen molar-refractivity contribution in [1.82, 2.24) is 10.2 Å². The van der Waals surface area contributed by atoms with E-state index < -0.39 is 11.8 Å². The van der Waals surface area contributed by atoms with Crippen LogP contribution >= 0.6 is 0 Å². The summed E-state index contributed by atoms with van der Waals surface area (Å²) in [6, 6.07) is 9.63. The second kappa shape index (κ2) is 5.51. The largest absolute Gasteiger partial charge is 0.355 e. The quantitative estimate of drug-likeness (QED) is 0.849. The molecule has 1 saturated heterocycles. The molecule has 1 amide bonds. The van der Waals surface area contributed by atoms with Gasteiger partial charge in [-0.1, -0.05) is 18.2 Å². The first-order valence-corrected chi connectivity index (χ1v) is 7.92. The first-order valence-electron chi connectivity index (χ1n) is 7.92. The van der Waals surface area contributed by atoms with Gasteiger partial charge >= 0.3 is 11.8 Å². The Hall–Kier alpha value is -2.57. The van der Waals surface area contributed by atoms with Crippen molar-refractivity contribution in [1.29, 1.82) is 0 Å². The van der Waals surface area contributed by atoms with Crippen LogP contribution in [0.1, 0.15) is 18.4 Å². The second-order valence-electron chi connectivity index (χ2n) is 6.07. The SMILES string of the molecule is O=C1N(C2CCN(c3cccnn3)CC2)c2ccccc2C1(F)F. The van der Waals surface area contributed by atoms with Crippen LogP contribution in [0.4, 0.5) is 20.3 Å². The molecule has 0 radical (unpaired) electrons. The van der Waals surface area contributed by atoms with Gasteiger partial charge in [0.15, 0.2) is 5.82 Å². The molecule has 7 heteroatoms. The van der Waals surface area contributed by atoms with E-state index >= 15 is 0 Å². The highest BCUT2D eigenvalue weighted by molar-refractivity contribution is 6.06. The number of hydrogen-bond donors (Lipinski definition) is 0. The number of anilines is 2. The summed E-state index contributed by atoms with van der Waals surface area (Å²) in [5.41, 5.74) is 0.150. The molecule has 2 aromatic rings. The van der Waals surface area contributed by atoms with Gasteiger partial charge < -0.3 is 9.80 Å². The summed E-state index contributed by atoms with van der Waals surface area (Å²) in [6.45, 7) is 1.31. The second-order valence-corrected chi connectivity index (χ2v) is 6.07. The number of rotatable bonds is 2. The van der Waals surface area contributed by atoms with Crippen molar-refractivity contribution in [2.45, 2.75) is 24.8 Å². The number of benzene rings is 1. The minimum absolute atomic E-state index is 0.189. The van der Waals surface area contributed by atoms with Gasteiger partial charge in [-0.25, -0.2) is 0 Å². The summed E-state index contributed by atoms with van der Waals surface area (Å²) < 4.78 is 28.5. The number of aromatic nitrogens is 2. The maximum Gasteiger partial charge on any atom is 0.352 e. The molecule has 24 heavy (non-hydrogen) atoms. The fourth-order valence-corrected chi connectivity index (χ4v) is 3.50. The minimum atomic E-state index is -3.43. The van der Waals surface area contributed by atoms with E-state index in [0.29, 0.717) is 31.6 Å².